The fraction of sp³-hybridized carbons (Fsp3) is 0.250. The smallest absolute Gasteiger partial charge is 0.307 e. The van der Waals surface area contributed by atoms with E-state index in [0.29, 0.717) is 42.7 Å². The molecule has 1 aliphatic heterocycles. The van der Waals surface area contributed by atoms with Crippen LogP contribution in [0, 0.1) is 0 Å². The molecular weight excluding hydrogens is 476 g/mol. The highest BCUT2D eigenvalue weighted by molar-refractivity contribution is 7.16. The van der Waals surface area contributed by atoms with Crippen LogP contribution >= 0.6 is 11.3 Å². The number of aromatic nitrogens is 1. The van der Waals surface area contributed by atoms with Crippen LogP contribution in [0.5, 0.6) is 11.5 Å². The molecule has 184 valence electrons. The van der Waals surface area contributed by atoms with Crippen LogP contribution in [0.15, 0.2) is 77.8 Å². The molecule has 1 amide bonds. The maximum atomic E-state index is 13.7. The van der Waals surface area contributed by atoms with E-state index in [-0.39, 0.29) is 18.3 Å². The van der Waals surface area contributed by atoms with Gasteiger partial charge >= 0.3 is 5.97 Å². The van der Waals surface area contributed by atoms with Crippen molar-refractivity contribution in [2.45, 2.75) is 25.8 Å². The van der Waals surface area contributed by atoms with Gasteiger partial charge in [-0.3, -0.25) is 9.59 Å². The third-order valence-corrected chi connectivity index (χ3v) is 6.95. The van der Waals surface area contributed by atoms with Crippen LogP contribution in [0.2, 0.25) is 0 Å². The Morgan fingerprint density at radius 3 is 2.19 bits per heavy atom. The Labute approximate surface area is 212 Å². The van der Waals surface area contributed by atoms with Crippen molar-refractivity contribution in [1.82, 2.24) is 4.57 Å². The Morgan fingerprint density at radius 2 is 1.58 bits per heavy atom. The van der Waals surface area contributed by atoms with E-state index < -0.39 is 5.92 Å². The normalized spacial score (nSPS) is 13.2. The van der Waals surface area contributed by atoms with Crippen LogP contribution < -0.4 is 14.3 Å². The largest absolute Gasteiger partial charge is 0.486 e. The summed E-state index contributed by atoms with van der Waals surface area (Å²) in [5, 5.41) is 0. The molecule has 1 aliphatic rings. The van der Waals surface area contributed by atoms with E-state index in [2.05, 4.69) is 4.99 Å². The van der Waals surface area contributed by atoms with Gasteiger partial charge in [-0.1, -0.05) is 72.0 Å². The molecule has 1 aromatic heterocycles. The second-order valence-corrected chi connectivity index (χ2v) is 9.27. The average molecular weight is 503 g/mol. The van der Waals surface area contributed by atoms with Crippen LogP contribution in [0.25, 0.3) is 10.2 Å². The molecule has 36 heavy (non-hydrogen) atoms. The minimum atomic E-state index is -0.545. The van der Waals surface area contributed by atoms with Gasteiger partial charge in [0.25, 0.3) is 5.91 Å². The van der Waals surface area contributed by atoms with Crippen molar-refractivity contribution in [3.05, 3.63) is 88.7 Å². The number of carbonyl (C=O) groups excluding carboxylic acids is 2. The molecule has 2 heterocycles. The maximum absolute atomic E-state index is 13.7. The molecule has 0 aliphatic carbocycles. The lowest BCUT2D eigenvalue weighted by atomic mass is 9.91. The van der Waals surface area contributed by atoms with E-state index in [4.69, 9.17) is 14.2 Å². The standard InChI is InChI=1S/C28H26N2O5S/c1-2-33-25(31)13-14-30-21-17-22-23(35-16-15-34-22)18-24(21)36-28(30)29-27(32)26(19-9-5-3-6-10-19)20-11-7-4-8-12-20/h3-12,17-18,26H,2,13-16H2,1H3. The number of carbonyl (C=O) groups is 2. The zero-order valence-corrected chi connectivity index (χ0v) is 20.7. The molecule has 0 bridgehead atoms. The van der Waals surface area contributed by atoms with Gasteiger partial charge in [-0.05, 0) is 18.1 Å². The summed E-state index contributed by atoms with van der Waals surface area (Å²) in [5.74, 6) is 0.181. The van der Waals surface area contributed by atoms with Crippen molar-refractivity contribution in [3.63, 3.8) is 0 Å². The van der Waals surface area contributed by atoms with Crippen LogP contribution in [-0.2, 0) is 20.9 Å². The molecule has 4 aromatic rings. The molecule has 0 N–H and O–H groups in total. The van der Waals surface area contributed by atoms with Crippen molar-refractivity contribution in [3.8, 4) is 11.5 Å². The minimum Gasteiger partial charge on any atom is -0.486 e. The predicted molar refractivity (Wildman–Crippen MR) is 137 cm³/mol. The summed E-state index contributed by atoms with van der Waals surface area (Å²) in [6.45, 7) is 3.38. The van der Waals surface area contributed by atoms with Gasteiger partial charge in [0.05, 0.1) is 29.2 Å². The van der Waals surface area contributed by atoms with Crippen molar-refractivity contribution < 1.29 is 23.8 Å². The number of benzene rings is 3. The van der Waals surface area contributed by atoms with Gasteiger partial charge in [-0.2, -0.15) is 4.99 Å². The van der Waals surface area contributed by atoms with Crippen LogP contribution in [0.4, 0.5) is 0 Å². The molecule has 0 saturated carbocycles. The second-order valence-electron chi connectivity index (χ2n) is 8.26. The Balaban J connectivity index is 1.61. The summed E-state index contributed by atoms with van der Waals surface area (Å²) >= 11 is 1.39. The first kappa shape index (κ1) is 23.8. The third kappa shape index (κ3) is 5.04. The first-order valence-corrected chi connectivity index (χ1v) is 12.7. The van der Waals surface area contributed by atoms with Gasteiger partial charge in [-0.25, -0.2) is 0 Å². The molecule has 0 atom stereocenters. The zero-order chi connectivity index (χ0) is 24.9. The van der Waals surface area contributed by atoms with E-state index in [9.17, 15) is 9.59 Å². The topological polar surface area (TPSA) is 79.1 Å². The molecule has 0 fully saturated rings. The number of nitrogens with zero attached hydrogens (tertiary/aromatic N) is 2. The maximum Gasteiger partial charge on any atom is 0.307 e. The lowest BCUT2D eigenvalue weighted by Gasteiger charge is -2.18. The Hall–Kier alpha value is -3.91. The number of thiazole rings is 1. The van der Waals surface area contributed by atoms with Gasteiger partial charge in [0.2, 0.25) is 0 Å². The highest BCUT2D eigenvalue weighted by atomic mass is 32.1. The molecule has 0 saturated heterocycles. The number of esters is 1. The average Bonchev–Trinajstić information content (AvgIpc) is 3.23. The number of ether oxygens (including phenoxy) is 3. The first-order chi connectivity index (χ1) is 17.6. The first-order valence-electron chi connectivity index (χ1n) is 11.9. The highest BCUT2D eigenvalue weighted by Gasteiger charge is 2.23. The Kier molecular flexibility index (Phi) is 7.13. The Bertz CT molecular complexity index is 1400. The van der Waals surface area contributed by atoms with Gasteiger partial charge < -0.3 is 18.8 Å². The van der Waals surface area contributed by atoms with Gasteiger partial charge in [-0.15, -0.1) is 0 Å². The molecule has 0 spiro atoms. The SMILES string of the molecule is CCOC(=O)CCn1c(=NC(=O)C(c2ccccc2)c2ccccc2)sc2cc3c(cc21)OCCO3. The van der Waals surface area contributed by atoms with Crippen LogP contribution in [0.1, 0.15) is 30.4 Å². The van der Waals surface area contributed by atoms with E-state index in [1.807, 2.05) is 77.4 Å². The molecule has 3 aromatic carbocycles. The Morgan fingerprint density at radius 1 is 0.972 bits per heavy atom. The number of rotatable bonds is 7. The third-order valence-electron chi connectivity index (χ3n) is 5.91. The summed E-state index contributed by atoms with van der Waals surface area (Å²) in [7, 11) is 0. The second kappa shape index (κ2) is 10.8. The number of hydrogen-bond donors (Lipinski definition) is 0. The zero-order valence-electron chi connectivity index (χ0n) is 19.9. The van der Waals surface area contributed by atoms with E-state index >= 15 is 0 Å². The van der Waals surface area contributed by atoms with Crippen molar-refractivity contribution >= 4 is 33.4 Å². The highest BCUT2D eigenvalue weighted by Crippen LogP contribution is 2.36. The number of fused-ring (bicyclic) bond motifs is 2. The van der Waals surface area contributed by atoms with Gasteiger partial charge in [0, 0.05) is 18.7 Å². The van der Waals surface area contributed by atoms with E-state index in [1.165, 1.54) is 11.3 Å². The molecule has 8 heteroatoms. The van der Waals surface area contributed by atoms with Crippen LogP contribution in [-0.4, -0.2) is 36.3 Å². The minimum absolute atomic E-state index is 0.163. The predicted octanol–water partition coefficient (Wildman–Crippen LogP) is 4.69. The lowest BCUT2D eigenvalue weighted by Crippen LogP contribution is -2.22. The summed E-state index contributed by atoms with van der Waals surface area (Å²) in [6.07, 6.45) is 0.163. The molecular formula is C28H26N2O5S. The number of amides is 1. The molecule has 0 unspecified atom stereocenters. The van der Waals surface area contributed by atoms with E-state index in [0.717, 1.165) is 21.3 Å². The van der Waals surface area contributed by atoms with Crippen molar-refractivity contribution in [1.29, 1.82) is 0 Å². The number of hydrogen-bond acceptors (Lipinski definition) is 6. The summed E-state index contributed by atoms with van der Waals surface area (Å²) in [4.78, 5) is 31.0. The molecule has 5 rings (SSSR count). The lowest BCUT2D eigenvalue weighted by molar-refractivity contribution is -0.143. The molecule has 7 nitrogen and oxygen atoms in total. The quantitative estimate of drug-likeness (QED) is 0.343. The van der Waals surface area contributed by atoms with E-state index in [1.54, 1.807) is 6.92 Å². The van der Waals surface area contributed by atoms with Crippen LogP contribution in [0.3, 0.4) is 0 Å². The molecule has 0 radical (unpaired) electrons. The summed E-state index contributed by atoms with van der Waals surface area (Å²) < 4.78 is 19.4. The van der Waals surface area contributed by atoms with Crippen molar-refractivity contribution in [2.24, 2.45) is 4.99 Å². The number of aryl methyl sites for hydroxylation is 1. The summed E-state index contributed by atoms with van der Waals surface area (Å²) in [6, 6.07) is 23.1. The fourth-order valence-electron chi connectivity index (χ4n) is 4.27. The van der Waals surface area contributed by atoms with Gasteiger partial charge in [0.15, 0.2) is 16.3 Å². The summed E-state index contributed by atoms with van der Waals surface area (Å²) in [5.41, 5.74) is 2.57. The fourth-order valence-corrected chi connectivity index (χ4v) is 5.34. The van der Waals surface area contributed by atoms with Crippen molar-refractivity contribution in [2.75, 3.05) is 19.8 Å². The van der Waals surface area contributed by atoms with Gasteiger partial charge in [0.1, 0.15) is 13.2 Å². The monoisotopic (exact) mass is 502 g/mol.